The van der Waals surface area contributed by atoms with Crippen molar-refractivity contribution in [1.82, 2.24) is 10.3 Å². The molecule has 0 bridgehead atoms. The van der Waals surface area contributed by atoms with Crippen LogP contribution in [0.4, 0.5) is 0 Å². The van der Waals surface area contributed by atoms with Crippen LogP contribution < -0.4 is 10.1 Å². The Morgan fingerprint density at radius 2 is 2.44 bits per heavy atom. The summed E-state index contributed by atoms with van der Waals surface area (Å²) in [5.74, 6) is 0.453. The normalized spacial score (nSPS) is 9.81. The maximum absolute atomic E-state index is 11.3. The van der Waals surface area contributed by atoms with E-state index in [1.54, 1.807) is 31.6 Å². The monoisotopic (exact) mass is 224 g/mol. The molecule has 0 aromatic carbocycles. The van der Waals surface area contributed by atoms with Gasteiger partial charge in [-0.15, -0.1) is 0 Å². The number of amides is 1. The Balaban J connectivity index is 2.11. The fourth-order valence-electron chi connectivity index (χ4n) is 1.08. The Morgan fingerprint density at radius 1 is 1.56 bits per heavy atom. The molecule has 0 unspecified atom stereocenters. The Hall–Kier alpha value is -1.62. The highest BCUT2D eigenvalue weighted by molar-refractivity contribution is 5.77. The maximum atomic E-state index is 11.3. The molecule has 0 saturated heterocycles. The predicted octanol–water partition coefficient (Wildman–Crippen LogP) is 0.613. The molecule has 88 valence electrons. The van der Waals surface area contributed by atoms with Crippen molar-refractivity contribution in [2.45, 2.75) is 6.42 Å². The predicted molar refractivity (Wildman–Crippen MR) is 59.2 cm³/mol. The van der Waals surface area contributed by atoms with Gasteiger partial charge in [0.2, 0.25) is 0 Å². The summed E-state index contributed by atoms with van der Waals surface area (Å²) in [5.41, 5.74) is 0. The number of methoxy groups -OCH3 is 1. The molecule has 16 heavy (non-hydrogen) atoms. The van der Waals surface area contributed by atoms with Crippen molar-refractivity contribution in [3.63, 3.8) is 0 Å². The first-order valence-electron chi connectivity index (χ1n) is 5.11. The van der Waals surface area contributed by atoms with Gasteiger partial charge in [0.25, 0.3) is 5.91 Å². The van der Waals surface area contributed by atoms with Gasteiger partial charge in [-0.1, -0.05) is 0 Å². The highest BCUT2D eigenvalue weighted by Gasteiger charge is 2.01. The van der Waals surface area contributed by atoms with Crippen molar-refractivity contribution in [3.8, 4) is 5.75 Å². The number of rotatable bonds is 7. The van der Waals surface area contributed by atoms with Crippen LogP contribution in [0, 0.1) is 0 Å². The summed E-state index contributed by atoms with van der Waals surface area (Å²) in [7, 11) is 1.63. The molecule has 0 saturated carbocycles. The molecule has 0 spiro atoms. The molecule has 1 aromatic rings. The van der Waals surface area contributed by atoms with Crippen molar-refractivity contribution in [3.05, 3.63) is 24.5 Å². The number of hydrogen-bond donors (Lipinski definition) is 1. The molecule has 1 heterocycles. The summed E-state index contributed by atoms with van der Waals surface area (Å²) >= 11 is 0. The highest BCUT2D eigenvalue weighted by Crippen LogP contribution is 2.05. The van der Waals surface area contributed by atoms with Gasteiger partial charge in [-0.25, -0.2) is 0 Å². The summed E-state index contributed by atoms with van der Waals surface area (Å²) in [5, 5.41) is 2.72. The van der Waals surface area contributed by atoms with E-state index in [2.05, 4.69) is 10.3 Å². The molecule has 1 N–H and O–H groups in total. The molecule has 0 atom stereocenters. The fourth-order valence-corrected chi connectivity index (χ4v) is 1.08. The molecule has 0 radical (unpaired) electrons. The SMILES string of the molecule is COCCCNC(=O)COc1cccnc1. The van der Waals surface area contributed by atoms with Crippen LogP contribution in [0.1, 0.15) is 6.42 Å². The lowest BCUT2D eigenvalue weighted by molar-refractivity contribution is -0.123. The van der Waals surface area contributed by atoms with Crippen LogP contribution in [0.3, 0.4) is 0 Å². The van der Waals surface area contributed by atoms with E-state index in [0.29, 0.717) is 18.9 Å². The van der Waals surface area contributed by atoms with Gasteiger partial charge in [0, 0.05) is 26.5 Å². The van der Waals surface area contributed by atoms with Gasteiger partial charge in [0.15, 0.2) is 6.61 Å². The van der Waals surface area contributed by atoms with E-state index in [-0.39, 0.29) is 12.5 Å². The molecule has 1 aromatic heterocycles. The Bertz CT molecular complexity index is 303. The van der Waals surface area contributed by atoms with Crippen LogP contribution in [0.25, 0.3) is 0 Å². The average Bonchev–Trinajstić information content (AvgIpc) is 2.33. The van der Waals surface area contributed by atoms with E-state index in [9.17, 15) is 4.79 Å². The minimum Gasteiger partial charge on any atom is -0.482 e. The first-order chi connectivity index (χ1) is 7.83. The first-order valence-corrected chi connectivity index (χ1v) is 5.11. The lowest BCUT2D eigenvalue weighted by Gasteiger charge is -2.06. The fraction of sp³-hybridized carbons (Fsp3) is 0.455. The number of aromatic nitrogens is 1. The lowest BCUT2D eigenvalue weighted by Crippen LogP contribution is -2.30. The second-order valence-corrected chi connectivity index (χ2v) is 3.17. The third-order valence-corrected chi connectivity index (χ3v) is 1.85. The third kappa shape index (κ3) is 5.31. The first kappa shape index (κ1) is 12.4. The van der Waals surface area contributed by atoms with Crippen molar-refractivity contribution >= 4 is 5.91 Å². The maximum Gasteiger partial charge on any atom is 0.257 e. The topological polar surface area (TPSA) is 60.5 Å². The Morgan fingerprint density at radius 3 is 3.12 bits per heavy atom. The Kier molecular flexibility index (Phi) is 5.95. The third-order valence-electron chi connectivity index (χ3n) is 1.85. The number of carbonyl (C=O) groups excluding carboxylic acids is 1. The van der Waals surface area contributed by atoms with Crippen molar-refractivity contribution in [1.29, 1.82) is 0 Å². The zero-order valence-electron chi connectivity index (χ0n) is 9.31. The minimum absolute atomic E-state index is 0.0126. The largest absolute Gasteiger partial charge is 0.482 e. The number of hydrogen-bond acceptors (Lipinski definition) is 4. The van der Waals surface area contributed by atoms with Crippen LogP contribution in [0.2, 0.25) is 0 Å². The van der Waals surface area contributed by atoms with Crippen LogP contribution in [0.15, 0.2) is 24.5 Å². The van der Waals surface area contributed by atoms with Gasteiger partial charge in [0.1, 0.15) is 5.75 Å². The molecule has 0 aliphatic heterocycles. The van der Waals surface area contributed by atoms with E-state index in [4.69, 9.17) is 9.47 Å². The molecule has 0 aliphatic carbocycles. The van der Waals surface area contributed by atoms with Crippen LogP contribution >= 0.6 is 0 Å². The highest BCUT2D eigenvalue weighted by atomic mass is 16.5. The molecule has 1 amide bonds. The van der Waals surface area contributed by atoms with E-state index >= 15 is 0 Å². The number of nitrogens with zero attached hydrogens (tertiary/aromatic N) is 1. The van der Waals surface area contributed by atoms with Crippen LogP contribution in [0.5, 0.6) is 5.75 Å². The molecule has 1 rings (SSSR count). The molecule has 0 aliphatic rings. The number of pyridine rings is 1. The van der Waals surface area contributed by atoms with Crippen molar-refractivity contribution < 1.29 is 14.3 Å². The van der Waals surface area contributed by atoms with Crippen LogP contribution in [-0.2, 0) is 9.53 Å². The molecule has 5 heteroatoms. The van der Waals surface area contributed by atoms with E-state index in [1.165, 1.54) is 0 Å². The molecular formula is C11H16N2O3. The second kappa shape index (κ2) is 7.64. The summed E-state index contributed by atoms with van der Waals surface area (Å²) in [6.45, 7) is 1.26. The zero-order chi connectivity index (χ0) is 11.6. The van der Waals surface area contributed by atoms with Crippen molar-refractivity contribution in [2.75, 3.05) is 26.9 Å². The lowest BCUT2D eigenvalue weighted by atomic mass is 10.4. The van der Waals surface area contributed by atoms with Gasteiger partial charge in [-0.2, -0.15) is 0 Å². The minimum atomic E-state index is -0.139. The smallest absolute Gasteiger partial charge is 0.257 e. The van der Waals surface area contributed by atoms with E-state index in [1.807, 2.05) is 0 Å². The number of ether oxygens (including phenoxy) is 2. The van der Waals surface area contributed by atoms with Gasteiger partial charge >= 0.3 is 0 Å². The quantitative estimate of drug-likeness (QED) is 0.689. The molecule has 5 nitrogen and oxygen atoms in total. The Labute approximate surface area is 94.8 Å². The van der Waals surface area contributed by atoms with Gasteiger partial charge < -0.3 is 14.8 Å². The molecule has 0 fully saturated rings. The second-order valence-electron chi connectivity index (χ2n) is 3.17. The summed E-state index contributed by atoms with van der Waals surface area (Å²) in [4.78, 5) is 15.2. The molecular weight excluding hydrogens is 208 g/mol. The van der Waals surface area contributed by atoms with Crippen LogP contribution in [-0.4, -0.2) is 37.8 Å². The summed E-state index contributed by atoms with van der Waals surface area (Å²) < 4.78 is 10.1. The number of nitrogens with one attached hydrogen (secondary N) is 1. The summed E-state index contributed by atoms with van der Waals surface area (Å²) in [6, 6.07) is 3.51. The standard InChI is InChI=1S/C11H16N2O3/c1-15-7-3-6-13-11(14)9-16-10-4-2-5-12-8-10/h2,4-5,8H,3,6-7,9H2,1H3,(H,13,14). The van der Waals surface area contributed by atoms with Crippen molar-refractivity contribution in [2.24, 2.45) is 0 Å². The van der Waals surface area contributed by atoms with Gasteiger partial charge in [-0.05, 0) is 18.6 Å². The zero-order valence-corrected chi connectivity index (χ0v) is 9.31. The summed E-state index contributed by atoms with van der Waals surface area (Å²) in [6.07, 6.45) is 4.02. The van der Waals surface area contributed by atoms with E-state index in [0.717, 1.165) is 6.42 Å². The van der Waals surface area contributed by atoms with Gasteiger partial charge in [-0.3, -0.25) is 9.78 Å². The van der Waals surface area contributed by atoms with Gasteiger partial charge in [0.05, 0.1) is 6.20 Å². The number of carbonyl (C=O) groups is 1. The average molecular weight is 224 g/mol. The van der Waals surface area contributed by atoms with E-state index < -0.39 is 0 Å².